The number of hydrogen-bond acceptors (Lipinski definition) is 5. The van der Waals surface area contributed by atoms with E-state index in [4.69, 9.17) is 4.74 Å². The van der Waals surface area contributed by atoms with Crippen LogP contribution in [0.25, 0.3) is 0 Å². The molecule has 25 heavy (non-hydrogen) atoms. The summed E-state index contributed by atoms with van der Waals surface area (Å²) in [5.74, 6) is -0.282. The van der Waals surface area contributed by atoms with Crippen LogP contribution in [0.15, 0.2) is 88.7 Å². The molecule has 3 aromatic rings. The van der Waals surface area contributed by atoms with E-state index in [0.29, 0.717) is 5.56 Å². The molecule has 0 fully saturated rings. The van der Waals surface area contributed by atoms with E-state index in [1.54, 1.807) is 30.3 Å². The Morgan fingerprint density at radius 3 is 1.84 bits per heavy atom. The van der Waals surface area contributed by atoms with E-state index < -0.39 is 15.8 Å². The smallest absolute Gasteiger partial charge is 0.343 e. The molecule has 0 heterocycles. The number of phenolic OH excluding ortho intramolecular Hbond substituents is 1. The van der Waals surface area contributed by atoms with Gasteiger partial charge in [-0.2, -0.15) is 0 Å². The lowest BCUT2D eigenvalue weighted by Gasteiger charge is -2.07. The highest BCUT2D eigenvalue weighted by molar-refractivity contribution is 7.91. The number of carbonyl (C=O) groups is 1. The average molecular weight is 354 g/mol. The van der Waals surface area contributed by atoms with Crippen molar-refractivity contribution in [2.75, 3.05) is 0 Å². The monoisotopic (exact) mass is 354 g/mol. The fourth-order valence-electron chi connectivity index (χ4n) is 2.19. The molecule has 0 aliphatic heterocycles. The third-order valence-corrected chi connectivity index (χ3v) is 5.29. The molecule has 0 aromatic heterocycles. The second-order valence-corrected chi connectivity index (χ2v) is 7.17. The zero-order valence-electron chi connectivity index (χ0n) is 13.0. The molecule has 0 unspecified atom stereocenters. The molecule has 0 radical (unpaired) electrons. The Morgan fingerprint density at radius 1 is 0.760 bits per heavy atom. The molecule has 126 valence electrons. The van der Waals surface area contributed by atoms with Crippen LogP contribution in [0.1, 0.15) is 10.4 Å². The molecule has 0 amide bonds. The molecular weight excluding hydrogens is 340 g/mol. The van der Waals surface area contributed by atoms with Gasteiger partial charge in [0.1, 0.15) is 11.5 Å². The largest absolute Gasteiger partial charge is 0.508 e. The molecular formula is C19H14O5S. The zero-order chi connectivity index (χ0) is 17.9. The number of hydrogen-bond donors (Lipinski definition) is 1. The summed E-state index contributed by atoms with van der Waals surface area (Å²) < 4.78 is 30.2. The molecule has 3 aromatic carbocycles. The van der Waals surface area contributed by atoms with Crippen molar-refractivity contribution in [2.24, 2.45) is 0 Å². The topological polar surface area (TPSA) is 80.7 Å². The van der Waals surface area contributed by atoms with Crippen molar-refractivity contribution in [3.05, 3.63) is 84.4 Å². The second-order valence-electron chi connectivity index (χ2n) is 5.22. The Hall–Kier alpha value is -3.12. The van der Waals surface area contributed by atoms with Gasteiger partial charge in [0, 0.05) is 0 Å². The van der Waals surface area contributed by atoms with E-state index in [1.165, 1.54) is 48.5 Å². The number of sulfone groups is 1. The fraction of sp³-hybridized carbons (Fsp3) is 0. The Morgan fingerprint density at radius 2 is 1.28 bits per heavy atom. The van der Waals surface area contributed by atoms with Crippen LogP contribution in [0.3, 0.4) is 0 Å². The van der Waals surface area contributed by atoms with Gasteiger partial charge in [-0.3, -0.25) is 0 Å². The molecule has 0 saturated heterocycles. The van der Waals surface area contributed by atoms with E-state index in [2.05, 4.69) is 0 Å². The standard InChI is InChI=1S/C19H14O5S/c20-15-6-10-17(11-7-15)25(22,23)18-12-8-16(9-13-18)24-19(21)14-4-2-1-3-5-14/h1-13,20H. The Labute approximate surface area is 145 Å². The number of aromatic hydroxyl groups is 1. The maximum absolute atomic E-state index is 12.5. The van der Waals surface area contributed by atoms with Crippen LogP contribution in [-0.2, 0) is 9.84 Å². The van der Waals surface area contributed by atoms with Gasteiger partial charge in [-0.05, 0) is 60.7 Å². The highest BCUT2D eigenvalue weighted by atomic mass is 32.2. The summed E-state index contributed by atoms with van der Waals surface area (Å²) in [5.41, 5.74) is 0.406. The Bertz CT molecular complexity index is 976. The number of benzene rings is 3. The van der Waals surface area contributed by atoms with Crippen molar-refractivity contribution in [2.45, 2.75) is 9.79 Å². The molecule has 0 aliphatic rings. The molecule has 1 N–H and O–H groups in total. The first-order valence-corrected chi connectivity index (χ1v) is 8.86. The maximum atomic E-state index is 12.5. The number of carbonyl (C=O) groups excluding carboxylic acids is 1. The summed E-state index contributed by atoms with van der Waals surface area (Å²) in [4.78, 5) is 12.1. The third kappa shape index (κ3) is 3.70. The molecule has 6 heteroatoms. The fourth-order valence-corrected chi connectivity index (χ4v) is 3.45. The molecule has 0 saturated carbocycles. The van der Waals surface area contributed by atoms with Crippen molar-refractivity contribution in [3.63, 3.8) is 0 Å². The minimum atomic E-state index is -3.70. The first kappa shape index (κ1) is 16.7. The van der Waals surface area contributed by atoms with E-state index >= 15 is 0 Å². The highest BCUT2D eigenvalue weighted by Gasteiger charge is 2.18. The summed E-state index contributed by atoms with van der Waals surface area (Å²) >= 11 is 0. The normalized spacial score (nSPS) is 11.0. The lowest BCUT2D eigenvalue weighted by Crippen LogP contribution is -2.08. The molecule has 0 aliphatic carbocycles. The number of ether oxygens (including phenoxy) is 1. The Kier molecular flexibility index (Phi) is 4.54. The predicted octanol–water partition coefficient (Wildman–Crippen LogP) is 3.44. The quantitative estimate of drug-likeness (QED) is 0.573. The number of rotatable bonds is 4. The van der Waals surface area contributed by atoms with Crippen molar-refractivity contribution in [1.29, 1.82) is 0 Å². The Balaban J connectivity index is 1.80. The van der Waals surface area contributed by atoms with Crippen LogP contribution in [0.5, 0.6) is 11.5 Å². The summed E-state index contributed by atoms with van der Waals surface area (Å²) in [5, 5.41) is 9.26. The average Bonchev–Trinajstić information content (AvgIpc) is 2.63. The zero-order valence-corrected chi connectivity index (χ0v) is 13.8. The summed E-state index contributed by atoms with van der Waals surface area (Å²) in [7, 11) is -3.70. The van der Waals surface area contributed by atoms with Crippen LogP contribution in [0.2, 0.25) is 0 Å². The van der Waals surface area contributed by atoms with Crippen LogP contribution < -0.4 is 4.74 Å². The highest BCUT2D eigenvalue weighted by Crippen LogP contribution is 2.24. The number of esters is 1. The predicted molar refractivity (Wildman–Crippen MR) is 91.4 cm³/mol. The first-order chi connectivity index (χ1) is 12.0. The SMILES string of the molecule is O=C(Oc1ccc(S(=O)(=O)c2ccc(O)cc2)cc1)c1ccccc1. The molecule has 0 atom stereocenters. The van der Waals surface area contributed by atoms with Gasteiger partial charge in [-0.1, -0.05) is 18.2 Å². The van der Waals surface area contributed by atoms with Crippen LogP contribution in [0.4, 0.5) is 0 Å². The summed E-state index contributed by atoms with van der Waals surface area (Å²) in [6.45, 7) is 0. The molecule has 0 spiro atoms. The van der Waals surface area contributed by atoms with Gasteiger partial charge < -0.3 is 9.84 Å². The minimum absolute atomic E-state index is 0.0119. The molecule has 0 bridgehead atoms. The van der Waals surface area contributed by atoms with Crippen molar-refractivity contribution in [1.82, 2.24) is 0 Å². The lowest BCUT2D eigenvalue weighted by atomic mass is 10.2. The van der Waals surface area contributed by atoms with E-state index in [-0.39, 0.29) is 21.3 Å². The van der Waals surface area contributed by atoms with Gasteiger partial charge in [0.2, 0.25) is 9.84 Å². The van der Waals surface area contributed by atoms with Gasteiger partial charge in [-0.25, -0.2) is 13.2 Å². The van der Waals surface area contributed by atoms with Crippen LogP contribution >= 0.6 is 0 Å². The van der Waals surface area contributed by atoms with Crippen LogP contribution in [0, 0.1) is 0 Å². The second kappa shape index (κ2) is 6.78. The summed E-state index contributed by atoms with van der Waals surface area (Å²) in [6.07, 6.45) is 0. The third-order valence-electron chi connectivity index (χ3n) is 3.50. The van der Waals surface area contributed by atoms with E-state index in [9.17, 15) is 18.3 Å². The van der Waals surface area contributed by atoms with Crippen molar-refractivity contribution >= 4 is 15.8 Å². The molecule has 5 nitrogen and oxygen atoms in total. The lowest BCUT2D eigenvalue weighted by molar-refractivity contribution is 0.0734. The summed E-state index contributed by atoms with van der Waals surface area (Å²) in [6, 6.07) is 19.4. The van der Waals surface area contributed by atoms with Gasteiger partial charge in [-0.15, -0.1) is 0 Å². The van der Waals surface area contributed by atoms with Crippen molar-refractivity contribution in [3.8, 4) is 11.5 Å². The van der Waals surface area contributed by atoms with Gasteiger partial charge in [0.05, 0.1) is 15.4 Å². The van der Waals surface area contributed by atoms with Crippen LogP contribution in [-0.4, -0.2) is 19.5 Å². The maximum Gasteiger partial charge on any atom is 0.343 e. The van der Waals surface area contributed by atoms with Gasteiger partial charge in [0.15, 0.2) is 0 Å². The van der Waals surface area contributed by atoms with E-state index in [0.717, 1.165) is 0 Å². The van der Waals surface area contributed by atoms with Crippen molar-refractivity contribution < 1.29 is 23.1 Å². The molecule has 3 rings (SSSR count). The first-order valence-electron chi connectivity index (χ1n) is 7.38. The van der Waals surface area contributed by atoms with Gasteiger partial charge in [0.25, 0.3) is 0 Å². The van der Waals surface area contributed by atoms with Gasteiger partial charge >= 0.3 is 5.97 Å². The minimum Gasteiger partial charge on any atom is -0.508 e. The van der Waals surface area contributed by atoms with E-state index in [1.807, 2.05) is 0 Å². The number of phenols is 1.